The summed E-state index contributed by atoms with van der Waals surface area (Å²) in [5.41, 5.74) is 2.15. The van der Waals surface area contributed by atoms with Crippen LogP contribution < -0.4 is 10.2 Å². The van der Waals surface area contributed by atoms with Gasteiger partial charge in [-0.1, -0.05) is 0 Å². The van der Waals surface area contributed by atoms with E-state index < -0.39 is 0 Å². The van der Waals surface area contributed by atoms with E-state index in [2.05, 4.69) is 33.3 Å². The van der Waals surface area contributed by atoms with Crippen LogP contribution in [0.4, 0.5) is 5.82 Å². The number of fused-ring (bicyclic) bond motifs is 1. The molecule has 1 fully saturated rings. The van der Waals surface area contributed by atoms with Gasteiger partial charge in [0, 0.05) is 31.0 Å². The smallest absolute Gasteiger partial charge is 0.154 e. The van der Waals surface area contributed by atoms with Gasteiger partial charge in [-0.2, -0.15) is 5.10 Å². The number of nitrogens with one attached hydrogen (secondary N) is 1. The molecule has 0 aromatic carbocycles. The van der Waals surface area contributed by atoms with Crippen LogP contribution in [0.15, 0.2) is 18.5 Å². The molecule has 0 aliphatic carbocycles. The minimum atomic E-state index is 0.460. The molecule has 20 heavy (non-hydrogen) atoms. The molecule has 108 valence electrons. The van der Waals surface area contributed by atoms with Crippen molar-refractivity contribution in [1.82, 2.24) is 19.9 Å². The summed E-state index contributed by atoms with van der Waals surface area (Å²) in [6.45, 7) is 5.36. The van der Waals surface area contributed by atoms with E-state index in [1.807, 2.05) is 30.9 Å². The maximum atomic E-state index is 4.65. The molecule has 1 N–H and O–H groups in total. The molecule has 0 saturated carbocycles. The molecule has 1 aliphatic heterocycles. The third-order valence-electron chi connectivity index (χ3n) is 4.35. The molecule has 0 radical (unpaired) electrons. The molecular weight excluding hydrogens is 250 g/mol. The Balaban J connectivity index is 2.03. The van der Waals surface area contributed by atoms with Crippen LogP contribution in [0.3, 0.4) is 0 Å². The van der Waals surface area contributed by atoms with Gasteiger partial charge in [0.05, 0.1) is 5.69 Å². The second-order valence-electron chi connectivity index (χ2n) is 5.70. The number of hydrogen-bond acceptors (Lipinski definition) is 4. The monoisotopic (exact) mass is 273 g/mol. The van der Waals surface area contributed by atoms with Gasteiger partial charge in [-0.3, -0.25) is 0 Å². The highest BCUT2D eigenvalue weighted by Gasteiger charge is 2.28. The number of likely N-dealkylation sites (N-methyl/N-ethyl adjacent to an activating group) is 1. The normalized spacial score (nSPS) is 21.4. The van der Waals surface area contributed by atoms with Crippen molar-refractivity contribution < 1.29 is 0 Å². The fraction of sp³-hybridized carbons (Fsp3) is 0.600. The van der Waals surface area contributed by atoms with Crippen molar-refractivity contribution in [2.24, 2.45) is 0 Å². The lowest BCUT2D eigenvalue weighted by molar-refractivity contribution is 0.380. The maximum Gasteiger partial charge on any atom is 0.154 e. The predicted octanol–water partition coefficient (Wildman–Crippen LogP) is 2.00. The zero-order valence-electron chi connectivity index (χ0n) is 12.5. The van der Waals surface area contributed by atoms with Crippen LogP contribution in [0.25, 0.3) is 5.52 Å². The Morgan fingerprint density at radius 3 is 3.05 bits per heavy atom. The number of hydrogen-bond donors (Lipinski definition) is 1. The van der Waals surface area contributed by atoms with Crippen molar-refractivity contribution in [3.05, 3.63) is 24.2 Å². The van der Waals surface area contributed by atoms with E-state index in [1.165, 1.54) is 19.3 Å². The maximum absolute atomic E-state index is 4.65. The summed E-state index contributed by atoms with van der Waals surface area (Å²) in [6.07, 6.45) is 7.53. The number of aryl methyl sites for hydroxylation is 1. The van der Waals surface area contributed by atoms with E-state index in [4.69, 9.17) is 0 Å². The van der Waals surface area contributed by atoms with Crippen LogP contribution in [-0.4, -0.2) is 40.3 Å². The van der Waals surface area contributed by atoms with Crippen molar-refractivity contribution in [3.63, 3.8) is 0 Å². The fourth-order valence-electron chi connectivity index (χ4n) is 3.18. The van der Waals surface area contributed by atoms with Gasteiger partial charge in [-0.05, 0) is 46.2 Å². The molecule has 1 aliphatic rings. The molecule has 0 spiro atoms. The van der Waals surface area contributed by atoms with Gasteiger partial charge in [0.2, 0.25) is 0 Å². The zero-order valence-corrected chi connectivity index (χ0v) is 12.5. The summed E-state index contributed by atoms with van der Waals surface area (Å²) in [4.78, 5) is 7.11. The number of rotatable bonds is 3. The Hall–Kier alpha value is -1.62. The molecule has 2 aromatic heterocycles. The van der Waals surface area contributed by atoms with E-state index >= 15 is 0 Å². The van der Waals surface area contributed by atoms with E-state index in [0.717, 1.165) is 23.6 Å². The lowest BCUT2D eigenvalue weighted by atomic mass is 9.96. The average Bonchev–Trinajstić information content (AvgIpc) is 2.86. The Labute approximate surface area is 120 Å². The van der Waals surface area contributed by atoms with Crippen LogP contribution in [0.1, 0.15) is 31.9 Å². The number of nitrogens with zero attached hydrogens (tertiary/aromatic N) is 4. The van der Waals surface area contributed by atoms with Crippen molar-refractivity contribution in [2.75, 3.05) is 18.5 Å². The molecule has 3 heterocycles. The van der Waals surface area contributed by atoms with Gasteiger partial charge in [0.25, 0.3) is 0 Å². The van der Waals surface area contributed by atoms with Crippen molar-refractivity contribution in [2.45, 2.75) is 45.2 Å². The van der Waals surface area contributed by atoms with Crippen molar-refractivity contribution >= 4 is 11.3 Å². The van der Waals surface area contributed by atoms with Crippen LogP contribution in [0.5, 0.6) is 0 Å². The topological polar surface area (TPSA) is 45.5 Å². The first-order chi connectivity index (χ1) is 9.70. The summed E-state index contributed by atoms with van der Waals surface area (Å²) in [5, 5.41) is 7.89. The molecule has 0 bridgehead atoms. The minimum absolute atomic E-state index is 0.460. The van der Waals surface area contributed by atoms with Crippen LogP contribution in [-0.2, 0) is 0 Å². The second kappa shape index (κ2) is 5.40. The molecule has 2 aromatic rings. The van der Waals surface area contributed by atoms with E-state index in [9.17, 15) is 0 Å². The molecule has 5 heteroatoms. The summed E-state index contributed by atoms with van der Waals surface area (Å²) >= 11 is 0. The second-order valence-corrected chi connectivity index (χ2v) is 5.70. The van der Waals surface area contributed by atoms with Gasteiger partial charge in [0.15, 0.2) is 5.82 Å². The third-order valence-corrected chi connectivity index (χ3v) is 4.35. The average molecular weight is 273 g/mol. The molecule has 2 atom stereocenters. The molecular formula is C15H23N5. The molecule has 0 amide bonds. The highest BCUT2D eigenvalue weighted by molar-refractivity contribution is 5.69. The zero-order chi connectivity index (χ0) is 14.1. The highest BCUT2D eigenvalue weighted by atomic mass is 15.3. The Morgan fingerprint density at radius 1 is 1.40 bits per heavy atom. The lowest BCUT2D eigenvalue weighted by Gasteiger charge is -2.40. The minimum Gasteiger partial charge on any atom is -0.350 e. The number of anilines is 1. The van der Waals surface area contributed by atoms with Gasteiger partial charge in [0.1, 0.15) is 5.52 Å². The Morgan fingerprint density at radius 2 is 2.25 bits per heavy atom. The molecule has 5 nitrogen and oxygen atoms in total. The summed E-state index contributed by atoms with van der Waals surface area (Å²) in [5.74, 6) is 1.07. The van der Waals surface area contributed by atoms with Crippen LogP contribution >= 0.6 is 0 Å². The first-order valence-electron chi connectivity index (χ1n) is 7.45. The first kappa shape index (κ1) is 13.4. The lowest BCUT2D eigenvalue weighted by Crippen LogP contribution is -2.50. The molecule has 1 saturated heterocycles. The van der Waals surface area contributed by atoms with Crippen molar-refractivity contribution in [3.8, 4) is 0 Å². The number of aromatic nitrogens is 3. The Bertz CT molecular complexity index is 591. The predicted molar refractivity (Wildman–Crippen MR) is 81.2 cm³/mol. The Kier molecular flexibility index (Phi) is 3.61. The molecule has 3 rings (SSSR count). The number of piperidine rings is 1. The highest BCUT2D eigenvalue weighted by Crippen LogP contribution is 2.28. The van der Waals surface area contributed by atoms with Crippen LogP contribution in [0, 0.1) is 6.92 Å². The van der Waals surface area contributed by atoms with Gasteiger partial charge < -0.3 is 10.2 Å². The third kappa shape index (κ3) is 2.26. The largest absolute Gasteiger partial charge is 0.350 e. The fourth-order valence-corrected chi connectivity index (χ4v) is 3.18. The first-order valence-corrected chi connectivity index (χ1v) is 7.45. The van der Waals surface area contributed by atoms with E-state index in [-0.39, 0.29) is 0 Å². The molecule has 2 unspecified atom stereocenters. The standard InChI is InChI=1S/C15H23N5/c1-11-10-14-15(17-7-9-20(14)18-11)19-8-5-4-6-13(19)12(2)16-3/h7,9-10,12-13,16H,4-6,8H2,1-3H3. The van der Waals surface area contributed by atoms with Gasteiger partial charge >= 0.3 is 0 Å². The quantitative estimate of drug-likeness (QED) is 0.929. The SMILES string of the molecule is CNC(C)C1CCCCN1c1nccn2nc(C)cc12. The van der Waals surface area contributed by atoms with Crippen LogP contribution in [0.2, 0.25) is 0 Å². The van der Waals surface area contributed by atoms with E-state index in [1.54, 1.807) is 0 Å². The van der Waals surface area contributed by atoms with Gasteiger partial charge in [-0.15, -0.1) is 0 Å². The van der Waals surface area contributed by atoms with Crippen molar-refractivity contribution in [1.29, 1.82) is 0 Å². The summed E-state index contributed by atoms with van der Waals surface area (Å²) in [6, 6.07) is 3.09. The van der Waals surface area contributed by atoms with Gasteiger partial charge in [-0.25, -0.2) is 9.50 Å². The van der Waals surface area contributed by atoms with E-state index in [0.29, 0.717) is 12.1 Å². The summed E-state index contributed by atoms with van der Waals surface area (Å²) < 4.78 is 1.94. The summed E-state index contributed by atoms with van der Waals surface area (Å²) in [7, 11) is 2.04.